The molecule has 0 unspecified atom stereocenters. The van der Waals surface area contributed by atoms with Crippen LogP contribution in [-0.4, -0.2) is 9.55 Å². The molecule has 0 amide bonds. The van der Waals surface area contributed by atoms with Crippen LogP contribution in [0.5, 0.6) is 0 Å². The summed E-state index contributed by atoms with van der Waals surface area (Å²) in [6, 6.07) is 6.46. The molecule has 2 rings (SSSR count). The van der Waals surface area contributed by atoms with Crippen LogP contribution in [0.3, 0.4) is 0 Å². The van der Waals surface area contributed by atoms with Gasteiger partial charge in [0.25, 0.3) is 0 Å². The van der Waals surface area contributed by atoms with Crippen LogP contribution < -0.4 is 0 Å². The van der Waals surface area contributed by atoms with E-state index in [0.29, 0.717) is 0 Å². The fourth-order valence-corrected chi connectivity index (χ4v) is 3.48. The predicted octanol–water partition coefficient (Wildman–Crippen LogP) is 5.13. The lowest BCUT2D eigenvalue weighted by atomic mass is 10.1. The second-order valence-corrected chi connectivity index (χ2v) is 6.13. The monoisotopic (exact) mass is 319 g/mol. The van der Waals surface area contributed by atoms with Gasteiger partial charge in [0, 0.05) is 16.4 Å². The summed E-state index contributed by atoms with van der Waals surface area (Å²) in [6.45, 7) is 7.18. The highest BCUT2D eigenvalue weighted by atomic mass is 32.2. The highest BCUT2D eigenvalue weighted by Crippen LogP contribution is 2.34. The van der Waals surface area contributed by atoms with E-state index in [9.17, 15) is 4.39 Å². The number of halogens is 1. The highest BCUT2D eigenvalue weighted by molar-refractivity contribution is 7.99. The van der Waals surface area contributed by atoms with Crippen molar-refractivity contribution in [3.8, 4) is 0 Å². The Balaban J connectivity index is 2.44. The molecule has 2 aromatic rings. The van der Waals surface area contributed by atoms with Crippen molar-refractivity contribution in [2.24, 2.45) is 5.11 Å². The second kappa shape index (κ2) is 7.33. The van der Waals surface area contributed by atoms with Crippen molar-refractivity contribution in [1.29, 1.82) is 0 Å². The molecule has 22 heavy (non-hydrogen) atoms. The maximum atomic E-state index is 13.4. The minimum Gasteiger partial charge on any atom is -0.331 e. The van der Waals surface area contributed by atoms with E-state index >= 15 is 0 Å². The average molecular weight is 319 g/mol. The molecule has 1 heterocycles. The van der Waals surface area contributed by atoms with Crippen LogP contribution in [0.15, 0.2) is 39.3 Å². The summed E-state index contributed by atoms with van der Waals surface area (Å²) in [5, 5.41) is 4.45. The molecule has 7 heteroatoms. The maximum Gasteiger partial charge on any atom is 0.124 e. The Labute approximate surface area is 133 Å². The Bertz CT molecular complexity index is 704. The van der Waals surface area contributed by atoms with Crippen LogP contribution >= 0.6 is 11.8 Å². The molecule has 5 nitrogen and oxygen atoms in total. The van der Waals surface area contributed by atoms with Crippen molar-refractivity contribution in [2.45, 2.75) is 49.7 Å². The van der Waals surface area contributed by atoms with E-state index < -0.39 is 0 Å². The Morgan fingerprint density at radius 3 is 2.82 bits per heavy atom. The molecule has 0 aliphatic heterocycles. The van der Waals surface area contributed by atoms with Crippen molar-refractivity contribution in [2.75, 3.05) is 0 Å². The van der Waals surface area contributed by atoms with E-state index in [1.54, 1.807) is 6.07 Å². The first kappa shape index (κ1) is 16.4. The fraction of sp³-hybridized carbons (Fsp3) is 0.400. The molecule has 1 aromatic heterocycles. The van der Waals surface area contributed by atoms with Crippen LogP contribution in [0.25, 0.3) is 10.4 Å². The first-order valence-electron chi connectivity index (χ1n) is 7.10. The summed E-state index contributed by atoms with van der Waals surface area (Å²) in [5.74, 6) is 0.742. The minimum atomic E-state index is -0.264. The quantitative estimate of drug-likeness (QED) is 0.421. The molecule has 0 N–H and O–H groups in total. The zero-order chi connectivity index (χ0) is 16.1. The van der Waals surface area contributed by atoms with Gasteiger partial charge in [-0.25, -0.2) is 9.37 Å². The first-order chi connectivity index (χ1) is 10.6. The van der Waals surface area contributed by atoms with E-state index in [2.05, 4.69) is 33.4 Å². The third kappa shape index (κ3) is 3.61. The third-order valence-electron chi connectivity index (χ3n) is 3.20. The summed E-state index contributed by atoms with van der Waals surface area (Å²) in [7, 11) is 0. The lowest BCUT2D eigenvalue weighted by molar-refractivity contribution is 0.624. The lowest BCUT2D eigenvalue weighted by Crippen LogP contribution is -2.06. The first-order valence-corrected chi connectivity index (χ1v) is 7.92. The van der Waals surface area contributed by atoms with Gasteiger partial charge in [-0.1, -0.05) is 36.8 Å². The van der Waals surface area contributed by atoms with Crippen molar-refractivity contribution in [1.82, 2.24) is 9.55 Å². The normalized spacial score (nSPS) is 10.8. The zero-order valence-corrected chi connectivity index (χ0v) is 13.6. The van der Waals surface area contributed by atoms with Crippen LogP contribution in [0, 0.1) is 5.82 Å². The number of rotatable bonds is 6. The van der Waals surface area contributed by atoms with Crippen LogP contribution in [-0.2, 0) is 13.1 Å². The van der Waals surface area contributed by atoms with Crippen LogP contribution in [0.4, 0.5) is 4.39 Å². The Morgan fingerprint density at radius 1 is 1.45 bits per heavy atom. The van der Waals surface area contributed by atoms with Gasteiger partial charge < -0.3 is 4.57 Å². The molecule has 0 fully saturated rings. The molecule has 0 atom stereocenters. The van der Waals surface area contributed by atoms with Gasteiger partial charge in [-0.2, -0.15) is 0 Å². The summed E-state index contributed by atoms with van der Waals surface area (Å²) in [6.07, 6.45) is 0. The van der Waals surface area contributed by atoms with E-state index in [1.807, 2.05) is 13.0 Å². The highest BCUT2D eigenvalue weighted by Gasteiger charge is 2.19. The van der Waals surface area contributed by atoms with Crippen LogP contribution in [0.1, 0.15) is 38.2 Å². The zero-order valence-electron chi connectivity index (χ0n) is 12.8. The fourth-order valence-electron chi connectivity index (χ4n) is 2.33. The van der Waals surface area contributed by atoms with Crippen molar-refractivity contribution in [3.63, 3.8) is 0 Å². The molecule has 0 radical (unpaired) electrons. The molecule has 0 aliphatic rings. The van der Waals surface area contributed by atoms with Gasteiger partial charge in [0.1, 0.15) is 16.7 Å². The lowest BCUT2D eigenvalue weighted by Gasteiger charge is -2.12. The SMILES string of the molecule is CCn1c(CN=[N+]=[N-])nc(Sc2cccc(F)c2)c1C(C)C. The number of imidazole rings is 1. The minimum absolute atomic E-state index is 0.216. The molecule has 0 saturated carbocycles. The molecular weight excluding hydrogens is 301 g/mol. The molecule has 0 aliphatic carbocycles. The van der Waals surface area contributed by atoms with Crippen molar-refractivity contribution >= 4 is 11.8 Å². The topological polar surface area (TPSA) is 66.6 Å². The summed E-state index contributed by atoms with van der Waals surface area (Å²) < 4.78 is 15.4. The van der Waals surface area contributed by atoms with Crippen molar-refractivity contribution < 1.29 is 4.39 Å². The maximum absolute atomic E-state index is 13.4. The number of azide groups is 1. The summed E-state index contributed by atoms with van der Waals surface area (Å²) in [4.78, 5) is 8.21. The molecular formula is C15H18FN5S. The number of hydrogen-bond donors (Lipinski definition) is 0. The summed E-state index contributed by atoms with van der Waals surface area (Å²) >= 11 is 1.43. The van der Waals surface area contributed by atoms with Crippen LogP contribution in [0.2, 0.25) is 0 Å². The average Bonchev–Trinajstić information content (AvgIpc) is 2.82. The second-order valence-electron chi connectivity index (χ2n) is 5.07. The van der Waals surface area contributed by atoms with Crippen molar-refractivity contribution in [3.05, 3.63) is 52.0 Å². The van der Waals surface area contributed by atoms with Gasteiger partial charge in [-0.3, -0.25) is 0 Å². The molecule has 1 aromatic carbocycles. The predicted molar refractivity (Wildman–Crippen MR) is 85.4 cm³/mol. The number of benzene rings is 1. The van der Waals surface area contributed by atoms with Gasteiger partial charge >= 0.3 is 0 Å². The number of nitrogens with zero attached hydrogens (tertiary/aromatic N) is 5. The number of hydrogen-bond acceptors (Lipinski definition) is 3. The van der Waals surface area contributed by atoms with Gasteiger partial charge in [0.05, 0.1) is 12.2 Å². The number of aromatic nitrogens is 2. The molecule has 0 bridgehead atoms. The van der Waals surface area contributed by atoms with E-state index in [-0.39, 0.29) is 18.3 Å². The van der Waals surface area contributed by atoms with E-state index in [4.69, 9.17) is 5.53 Å². The molecule has 0 spiro atoms. The van der Waals surface area contributed by atoms with Gasteiger partial charge in [-0.05, 0) is 36.6 Å². The van der Waals surface area contributed by atoms with E-state index in [1.165, 1.54) is 23.9 Å². The Kier molecular flexibility index (Phi) is 5.46. The standard InChI is InChI=1S/C15H18FN5S/c1-4-21-13(9-18-20-17)19-15(14(21)10(2)3)22-12-7-5-6-11(16)8-12/h5-8,10H,4,9H2,1-3H3. The van der Waals surface area contributed by atoms with E-state index in [0.717, 1.165) is 28.0 Å². The third-order valence-corrected chi connectivity index (χ3v) is 4.18. The Hall–Kier alpha value is -1.98. The Morgan fingerprint density at radius 2 is 2.23 bits per heavy atom. The van der Waals surface area contributed by atoms with Gasteiger partial charge in [0.15, 0.2) is 0 Å². The van der Waals surface area contributed by atoms with Gasteiger partial charge in [-0.15, -0.1) is 0 Å². The molecule has 116 valence electrons. The van der Waals surface area contributed by atoms with Gasteiger partial charge in [0.2, 0.25) is 0 Å². The molecule has 0 saturated heterocycles. The smallest absolute Gasteiger partial charge is 0.124 e. The summed E-state index contributed by atoms with van der Waals surface area (Å²) in [5.41, 5.74) is 9.60. The largest absolute Gasteiger partial charge is 0.331 e.